The third-order valence-electron chi connectivity index (χ3n) is 2.86. The van der Waals surface area contributed by atoms with E-state index in [0.717, 1.165) is 0 Å². The Bertz CT molecular complexity index is 235. The minimum Gasteiger partial charge on any atom is -0.396 e. The van der Waals surface area contributed by atoms with E-state index in [2.05, 4.69) is 37.9 Å². The van der Waals surface area contributed by atoms with Crippen LogP contribution in [0.4, 0.5) is 0 Å². The fraction of sp³-hybridized carbons (Fsp3) is 0.909. The van der Waals surface area contributed by atoms with Crippen molar-refractivity contribution in [1.82, 2.24) is 10.2 Å². The number of piperazine rings is 1. The Morgan fingerprint density at radius 3 is 2.60 bits per heavy atom. The van der Waals surface area contributed by atoms with E-state index >= 15 is 0 Å². The molecule has 1 aliphatic rings. The molecule has 0 radical (unpaired) electrons. The van der Waals surface area contributed by atoms with E-state index in [4.69, 9.17) is 5.11 Å². The molecule has 1 aliphatic heterocycles. The van der Waals surface area contributed by atoms with Crippen LogP contribution < -0.4 is 5.32 Å². The maximum atomic E-state index is 11.7. The first-order valence-corrected chi connectivity index (χ1v) is 5.55. The Labute approximate surface area is 91.6 Å². The molecule has 0 bridgehead atoms. The van der Waals surface area contributed by atoms with Crippen LogP contribution in [0, 0.1) is 0 Å². The van der Waals surface area contributed by atoms with Gasteiger partial charge in [0.25, 0.3) is 0 Å². The van der Waals surface area contributed by atoms with Gasteiger partial charge in [-0.1, -0.05) is 0 Å². The molecule has 2 N–H and O–H groups in total. The number of nitrogens with zero attached hydrogens (tertiary/aromatic N) is 1. The van der Waals surface area contributed by atoms with Gasteiger partial charge < -0.3 is 10.4 Å². The van der Waals surface area contributed by atoms with Crippen molar-refractivity contribution in [2.24, 2.45) is 0 Å². The summed E-state index contributed by atoms with van der Waals surface area (Å²) in [5.74, 6) is 0.0390. The normalized spacial score (nSPS) is 29.0. The van der Waals surface area contributed by atoms with Gasteiger partial charge in [-0.15, -0.1) is 0 Å². The second kappa shape index (κ2) is 4.49. The molecule has 2 unspecified atom stereocenters. The minimum absolute atomic E-state index is 0.0390. The molecule has 1 rings (SSSR count). The van der Waals surface area contributed by atoms with Crippen LogP contribution in [0.2, 0.25) is 0 Å². The van der Waals surface area contributed by atoms with Gasteiger partial charge in [-0.3, -0.25) is 9.69 Å². The first-order valence-electron chi connectivity index (χ1n) is 5.55. The molecule has 0 aromatic carbocycles. The average Bonchev–Trinajstić information content (AvgIpc) is 2.09. The highest BCUT2D eigenvalue weighted by Crippen LogP contribution is 2.24. The number of aliphatic hydroxyl groups excluding tert-OH is 1. The molecule has 1 fully saturated rings. The number of carbonyl (C=O) groups is 1. The number of aliphatic hydroxyl groups is 1. The number of hydrogen-bond acceptors (Lipinski definition) is 3. The Morgan fingerprint density at radius 2 is 2.13 bits per heavy atom. The predicted molar refractivity (Wildman–Crippen MR) is 59.6 cm³/mol. The fourth-order valence-electron chi connectivity index (χ4n) is 2.42. The topological polar surface area (TPSA) is 52.6 Å². The molecule has 2 atom stereocenters. The van der Waals surface area contributed by atoms with E-state index in [-0.39, 0.29) is 24.1 Å². The minimum atomic E-state index is -0.196. The standard InChI is InChI=1S/C11H22N2O2/c1-8-7-12-10(15)9(5-6-14)13(8)11(2,3)4/h8-9,14H,5-7H2,1-4H3,(H,12,15). The zero-order valence-corrected chi connectivity index (χ0v) is 10.1. The Balaban J connectivity index is 2.88. The summed E-state index contributed by atoms with van der Waals surface area (Å²) < 4.78 is 0. The highest BCUT2D eigenvalue weighted by molar-refractivity contribution is 5.82. The van der Waals surface area contributed by atoms with Crippen molar-refractivity contribution in [2.45, 2.75) is 51.7 Å². The highest BCUT2D eigenvalue weighted by atomic mass is 16.3. The molecule has 15 heavy (non-hydrogen) atoms. The molecule has 88 valence electrons. The lowest BCUT2D eigenvalue weighted by Crippen LogP contribution is -2.65. The van der Waals surface area contributed by atoms with E-state index in [1.54, 1.807) is 0 Å². The fourth-order valence-corrected chi connectivity index (χ4v) is 2.42. The van der Waals surface area contributed by atoms with Gasteiger partial charge in [0, 0.05) is 24.7 Å². The summed E-state index contributed by atoms with van der Waals surface area (Å²) in [5, 5.41) is 11.9. The molecule has 1 saturated heterocycles. The summed E-state index contributed by atoms with van der Waals surface area (Å²) in [7, 11) is 0. The summed E-state index contributed by atoms with van der Waals surface area (Å²) in [6.07, 6.45) is 0.507. The second-order valence-electron chi connectivity index (χ2n) is 5.20. The van der Waals surface area contributed by atoms with Gasteiger partial charge in [0.1, 0.15) is 0 Å². The molecular formula is C11H22N2O2. The van der Waals surface area contributed by atoms with Crippen LogP contribution >= 0.6 is 0 Å². The SMILES string of the molecule is CC1CNC(=O)C(CCO)N1C(C)(C)C. The zero-order valence-electron chi connectivity index (χ0n) is 10.1. The van der Waals surface area contributed by atoms with E-state index in [9.17, 15) is 4.79 Å². The zero-order chi connectivity index (χ0) is 11.6. The quantitative estimate of drug-likeness (QED) is 0.697. The van der Waals surface area contributed by atoms with Crippen molar-refractivity contribution in [1.29, 1.82) is 0 Å². The Morgan fingerprint density at radius 1 is 1.53 bits per heavy atom. The molecule has 0 spiro atoms. The molecule has 1 amide bonds. The van der Waals surface area contributed by atoms with Gasteiger partial charge >= 0.3 is 0 Å². The first-order chi connectivity index (χ1) is 6.88. The van der Waals surface area contributed by atoms with E-state index in [1.165, 1.54) is 0 Å². The van der Waals surface area contributed by atoms with E-state index in [0.29, 0.717) is 19.0 Å². The largest absolute Gasteiger partial charge is 0.396 e. The van der Waals surface area contributed by atoms with Crippen LogP contribution in [0.25, 0.3) is 0 Å². The van der Waals surface area contributed by atoms with Gasteiger partial charge in [-0.2, -0.15) is 0 Å². The van der Waals surface area contributed by atoms with Crippen LogP contribution in [0.1, 0.15) is 34.1 Å². The molecule has 1 heterocycles. The van der Waals surface area contributed by atoms with Crippen LogP contribution in [-0.2, 0) is 4.79 Å². The average molecular weight is 214 g/mol. The summed E-state index contributed by atoms with van der Waals surface area (Å²) >= 11 is 0. The smallest absolute Gasteiger partial charge is 0.237 e. The summed E-state index contributed by atoms with van der Waals surface area (Å²) in [6, 6.07) is 0.123. The van der Waals surface area contributed by atoms with Crippen molar-refractivity contribution in [3.05, 3.63) is 0 Å². The van der Waals surface area contributed by atoms with Gasteiger partial charge in [-0.25, -0.2) is 0 Å². The maximum absolute atomic E-state index is 11.7. The highest BCUT2D eigenvalue weighted by Gasteiger charge is 2.39. The number of amides is 1. The lowest BCUT2D eigenvalue weighted by molar-refractivity contribution is -0.135. The van der Waals surface area contributed by atoms with Gasteiger partial charge in [-0.05, 0) is 34.1 Å². The predicted octanol–water partition coefficient (Wildman–Crippen LogP) is 0.356. The van der Waals surface area contributed by atoms with Crippen molar-refractivity contribution in [3.8, 4) is 0 Å². The van der Waals surface area contributed by atoms with Gasteiger partial charge in [0.05, 0.1) is 6.04 Å². The van der Waals surface area contributed by atoms with Crippen LogP contribution in [0.15, 0.2) is 0 Å². The molecule has 0 saturated carbocycles. The third kappa shape index (κ3) is 2.69. The second-order valence-corrected chi connectivity index (χ2v) is 5.20. The Hall–Kier alpha value is -0.610. The van der Waals surface area contributed by atoms with Crippen LogP contribution in [-0.4, -0.2) is 46.7 Å². The summed E-state index contributed by atoms with van der Waals surface area (Å²) in [4.78, 5) is 13.9. The molecule has 0 aliphatic carbocycles. The van der Waals surface area contributed by atoms with Crippen LogP contribution in [0.5, 0.6) is 0 Å². The molecule has 0 aromatic rings. The van der Waals surface area contributed by atoms with Crippen molar-refractivity contribution < 1.29 is 9.90 Å². The number of rotatable bonds is 2. The van der Waals surface area contributed by atoms with Crippen molar-refractivity contribution in [2.75, 3.05) is 13.2 Å². The maximum Gasteiger partial charge on any atom is 0.237 e. The van der Waals surface area contributed by atoms with Crippen molar-refractivity contribution in [3.63, 3.8) is 0 Å². The molecule has 4 heteroatoms. The third-order valence-corrected chi connectivity index (χ3v) is 2.86. The van der Waals surface area contributed by atoms with E-state index in [1.807, 2.05) is 0 Å². The summed E-state index contributed by atoms with van der Waals surface area (Å²) in [5.41, 5.74) is -0.0446. The monoisotopic (exact) mass is 214 g/mol. The Kier molecular flexibility index (Phi) is 3.73. The number of nitrogens with one attached hydrogen (secondary N) is 1. The lowest BCUT2D eigenvalue weighted by Gasteiger charge is -2.47. The van der Waals surface area contributed by atoms with Gasteiger partial charge in [0.2, 0.25) is 5.91 Å². The summed E-state index contributed by atoms with van der Waals surface area (Å²) in [6.45, 7) is 9.16. The molecule has 0 aromatic heterocycles. The molecular weight excluding hydrogens is 192 g/mol. The van der Waals surface area contributed by atoms with Gasteiger partial charge in [0.15, 0.2) is 0 Å². The van der Waals surface area contributed by atoms with Crippen LogP contribution in [0.3, 0.4) is 0 Å². The number of hydrogen-bond donors (Lipinski definition) is 2. The first kappa shape index (κ1) is 12.5. The van der Waals surface area contributed by atoms with Crippen molar-refractivity contribution >= 4 is 5.91 Å². The lowest BCUT2D eigenvalue weighted by atomic mass is 9.95. The number of carbonyl (C=O) groups excluding carboxylic acids is 1. The molecule has 4 nitrogen and oxygen atoms in total. The van der Waals surface area contributed by atoms with E-state index < -0.39 is 0 Å².